The Kier molecular flexibility index (Phi) is 36.8. The molecule has 0 aromatic carbocycles. The lowest BCUT2D eigenvalue weighted by Gasteiger charge is -2.32. The lowest BCUT2D eigenvalue weighted by molar-refractivity contribution is -0.893. The van der Waals surface area contributed by atoms with Gasteiger partial charge in [-0.1, -0.05) is 168 Å². The van der Waals surface area contributed by atoms with Crippen LogP contribution in [0.15, 0.2) is 0 Å². The minimum atomic E-state index is -0.489. The fourth-order valence-electron chi connectivity index (χ4n) is 6.11. The molecule has 0 fully saturated rings. The number of unbranched alkanes of at least 4 members (excludes halogenated alkanes) is 24. The first-order chi connectivity index (χ1) is 21.8. The molecule has 0 bridgehead atoms. The normalized spacial score (nSPS) is 12.1. The summed E-state index contributed by atoms with van der Waals surface area (Å²) in [5, 5.41) is 9.44. The van der Waals surface area contributed by atoms with Crippen molar-refractivity contribution in [1.82, 2.24) is 0 Å². The molecule has 6 nitrogen and oxygen atoms in total. The summed E-state index contributed by atoms with van der Waals surface area (Å²) in [5.74, 6) is -0.414. The number of aliphatic hydroxyl groups is 1. The van der Waals surface area contributed by atoms with E-state index in [2.05, 4.69) is 13.8 Å². The number of aliphatic hydroxyl groups excluding tert-OH is 1. The first-order valence-corrected chi connectivity index (χ1v) is 19.6. The van der Waals surface area contributed by atoms with Crippen LogP contribution < -0.4 is 17.0 Å². The summed E-state index contributed by atoms with van der Waals surface area (Å²) in [4.78, 5) is 25.1. The summed E-state index contributed by atoms with van der Waals surface area (Å²) in [7, 11) is 4.00. The van der Waals surface area contributed by atoms with Crippen molar-refractivity contribution in [3.63, 3.8) is 0 Å². The van der Waals surface area contributed by atoms with E-state index in [1.807, 2.05) is 14.1 Å². The van der Waals surface area contributed by atoms with Crippen LogP contribution in [0.4, 0.5) is 0 Å². The third-order valence-corrected chi connectivity index (χ3v) is 9.10. The van der Waals surface area contributed by atoms with E-state index < -0.39 is 6.10 Å². The van der Waals surface area contributed by atoms with E-state index in [4.69, 9.17) is 9.47 Å². The van der Waals surface area contributed by atoms with E-state index in [-0.39, 0.29) is 42.1 Å². The molecule has 0 aromatic heterocycles. The van der Waals surface area contributed by atoms with Gasteiger partial charge in [-0.2, -0.15) is 0 Å². The molecule has 0 aliphatic rings. The molecule has 1 N–H and O–H groups in total. The second-order valence-corrected chi connectivity index (χ2v) is 14.3. The minimum absolute atomic E-state index is 0. The summed E-state index contributed by atoms with van der Waals surface area (Å²) in [6, 6.07) is 0. The van der Waals surface area contributed by atoms with Crippen molar-refractivity contribution in [2.75, 3.05) is 40.4 Å². The van der Waals surface area contributed by atoms with Crippen molar-refractivity contribution >= 4 is 11.9 Å². The molecule has 0 rings (SSSR count). The quantitative estimate of drug-likeness (QED) is 0.0418. The number of hydrogen-bond acceptors (Lipinski definition) is 5. The topological polar surface area (TPSA) is 72.8 Å². The van der Waals surface area contributed by atoms with Gasteiger partial charge in [-0.05, 0) is 12.8 Å². The van der Waals surface area contributed by atoms with Gasteiger partial charge in [0.2, 0.25) is 0 Å². The summed E-state index contributed by atoms with van der Waals surface area (Å²) in [6.07, 6.45) is 33.5. The summed E-state index contributed by atoms with van der Waals surface area (Å²) in [6.45, 7) is 5.75. The SMILES string of the molecule is CCCCCCCCCCCCCCCC(=O)OCC(C[N+](C)(C)CCO)OC(=O)CCCCCCCCCCCCCCC.[Br-]. The Labute approximate surface area is 296 Å². The molecule has 0 aromatic rings. The number of likely N-dealkylation sites (N-methyl/N-ethyl adjacent to an activating group) is 1. The number of hydrogen-bond donors (Lipinski definition) is 1. The Bertz CT molecular complexity index is 660. The number of nitrogens with zero attached hydrogens (tertiary/aromatic N) is 1. The summed E-state index contributed by atoms with van der Waals surface area (Å²) < 4.78 is 11.9. The number of ether oxygens (including phenoxy) is 2. The van der Waals surface area contributed by atoms with Crippen LogP contribution in [0.25, 0.3) is 0 Å². The molecule has 0 spiro atoms. The third-order valence-electron chi connectivity index (χ3n) is 9.10. The van der Waals surface area contributed by atoms with Crippen molar-refractivity contribution in [1.29, 1.82) is 0 Å². The first-order valence-electron chi connectivity index (χ1n) is 19.6. The molecule has 1 unspecified atom stereocenters. The second kappa shape index (κ2) is 35.6. The van der Waals surface area contributed by atoms with Crippen molar-refractivity contribution in [3.05, 3.63) is 0 Å². The van der Waals surface area contributed by atoms with Gasteiger partial charge in [0, 0.05) is 12.8 Å². The fourth-order valence-corrected chi connectivity index (χ4v) is 6.11. The van der Waals surface area contributed by atoms with E-state index in [0.717, 1.165) is 25.7 Å². The summed E-state index contributed by atoms with van der Waals surface area (Å²) in [5.41, 5.74) is 0. The molecule has 0 heterocycles. The Morgan fingerprint density at radius 1 is 0.543 bits per heavy atom. The van der Waals surface area contributed by atoms with Gasteiger partial charge < -0.3 is 36.0 Å². The van der Waals surface area contributed by atoms with Crippen molar-refractivity contribution in [3.8, 4) is 0 Å². The van der Waals surface area contributed by atoms with E-state index in [1.54, 1.807) is 0 Å². The molecule has 0 saturated carbocycles. The molecule has 0 aliphatic carbocycles. The van der Waals surface area contributed by atoms with Gasteiger partial charge in [0.25, 0.3) is 0 Å². The van der Waals surface area contributed by atoms with Gasteiger partial charge >= 0.3 is 11.9 Å². The average Bonchev–Trinajstić information content (AvgIpc) is 3.00. The van der Waals surface area contributed by atoms with Gasteiger partial charge in [-0.15, -0.1) is 0 Å². The predicted octanol–water partition coefficient (Wildman–Crippen LogP) is 7.48. The first kappa shape index (κ1) is 47.5. The number of esters is 2. The maximum absolute atomic E-state index is 12.6. The summed E-state index contributed by atoms with van der Waals surface area (Å²) >= 11 is 0. The number of carbonyl (C=O) groups is 2. The number of rotatable bonds is 35. The van der Waals surface area contributed by atoms with Gasteiger partial charge in [0.1, 0.15) is 19.7 Å². The van der Waals surface area contributed by atoms with Crippen molar-refractivity contribution in [2.45, 2.75) is 200 Å². The van der Waals surface area contributed by atoms with Gasteiger partial charge in [-0.3, -0.25) is 9.59 Å². The van der Waals surface area contributed by atoms with Gasteiger partial charge in [0.15, 0.2) is 6.10 Å². The Balaban J connectivity index is 0. The van der Waals surface area contributed by atoms with Crippen LogP contribution in [0.1, 0.15) is 194 Å². The zero-order valence-corrected chi connectivity index (χ0v) is 32.7. The van der Waals surface area contributed by atoms with Crippen LogP contribution in [0.2, 0.25) is 0 Å². The number of carbonyl (C=O) groups excluding carboxylic acids is 2. The Morgan fingerprint density at radius 2 is 0.870 bits per heavy atom. The molecule has 1 atom stereocenters. The molecule has 0 saturated heterocycles. The Morgan fingerprint density at radius 3 is 1.22 bits per heavy atom. The molecule has 7 heteroatoms. The molecule has 0 amide bonds. The fraction of sp³-hybridized carbons (Fsp3) is 0.949. The maximum atomic E-state index is 12.6. The highest BCUT2D eigenvalue weighted by molar-refractivity contribution is 5.70. The van der Waals surface area contributed by atoms with E-state index in [0.29, 0.717) is 30.4 Å². The van der Waals surface area contributed by atoms with Gasteiger partial charge in [-0.25, -0.2) is 0 Å². The smallest absolute Gasteiger partial charge is 0.306 e. The van der Waals surface area contributed by atoms with Crippen LogP contribution in [0.3, 0.4) is 0 Å². The van der Waals surface area contributed by atoms with E-state index in [1.165, 1.54) is 141 Å². The van der Waals surface area contributed by atoms with Crippen molar-refractivity contribution in [2.24, 2.45) is 0 Å². The molecule has 0 radical (unpaired) electrons. The lowest BCUT2D eigenvalue weighted by Crippen LogP contribution is -3.00. The largest absolute Gasteiger partial charge is 1.00 e. The number of halogens is 1. The van der Waals surface area contributed by atoms with Gasteiger partial charge in [0.05, 0.1) is 20.7 Å². The third kappa shape index (κ3) is 34.7. The van der Waals surface area contributed by atoms with Crippen LogP contribution in [-0.2, 0) is 19.1 Å². The van der Waals surface area contributed by atoms with Crippen molar-refractivity contribution < 1.29 is 45.6 Å². The molecular formula is C39H78BrNO5. The second-order valence-electron chi connectivity index (χ2n) is 14.3. The lowest BCUT2D eigenvalue weighted by atomic mass is 10.0. The average molecular weight is 721 g/mol. The highest BCUT2D eigenvalue weighted by Gasteiger charge is 2.26. The van der Waals surface area contributed by atoms with Crippen LogP contribution >= 0.6 is 0 Å². The van der Waals surface area contributed by atoms with E-state index in [9.17, 15) is 14.7 Å². The number of quaternary nitrogens is 1. The van der Waals surface area contributed by atoms with Crippen LogP contribution in [0, 0.1) is 0 Å². The Hall–Kier alpha value is -0.660. The maximum Gasteiger partial charge on any atom is 0.306 e. The minimum Gasteiger partial charge on any atom is -1.00 e. The highest BCUT2D eigenvalue weighted by Crippen LogP contribution is 2.15. The zero-order valence-electron chi connectivity index (χ0n) is 31.1. The van der Waals surface area contributed by atoms with Crippen LogP contribution in [0.5, 0.6) is 0 Å². The molecule has 0 aliphatic heterocycles. The predicted molar refractivity (Wildman–Crippen MR) is 190 cm³/mol. The highest BCUT2D eigenvalue weighted by atomic mass is 79.9. The molecule has 276 valence electrons. The van der Waals surface area contributed by atoms with E-state index >= 15 is 0 Å². The molecular weight excluding hydrogens is 642 g/mol. The molecule has 46 heavy (non-hydrogen) atoms. The zero-order chi connectivity index (χ0) is 33.3. The monoisotopic (exact) mass is 720 g/mol. The van der Waals surface area contributed by atoms with Crippen LogP contribution in [-0.4, -0.2) is 68.0 Å². The standard InChI is InChI=1S/C39H78NO5.BrH/c1-5-7-9-11-13-15-17-19-21-23-25-27-29-31-38(42)44-36-37(35-40(3,4)33-34-41)45-39(43)32-30-28-26-24-22-20-18-16-14-12-10-8-6-2;/h37,41H,5-36H2,1-4H3;1H/q+1;/p-1.